The Morgan fingerprint density at radius 1 is 1.59 bits per heavy atom. The van der Waals surface area contributed by atoms with Crippen molar-refractivity contribution in [2.45, 2.75) is 26.3 Å². The number of rotatable bonds is 5. The van der Waals surface area contributed by atoms with Gasteiger partial charge in [-0.3, -0.25) is 4.79 Å². The summed E-state index contributed by atoms with van der Waals surface area (Å²) in [5.41, 5.74) is 0. The van der Waals surface area contributed by atoms with Gasteiger partial charge < -0.3 is 10.4 Å². The zero-order valence-electron chi connectivity index (χ0n) is 9.57. The van der Waals surface area contributed by atoms with E-state index in [4.69, 9.17) is 16.7 Å². The van der Waals surface area contributed by atoms with E-state index in [-0.39, 0.29) is 5.92 Å². The Bertz CT molecular complexity index is 419. The van der Waals surface area contributed by atoms with E-state index in [9.17, 15) is 9.59 Å². The van der Waals surface area contributed by atoms with Gasteiger partial charge in [-0.05, 0) is 17.4 Å². The lowest BCUT2D eigenvalue weighted by molar-refractivity contribution is -0.140. The van der Waals surface area contributed by atoms with Crippen molar-refractivity contribution in [1.29, 1.82) is 0 Å². The third-order valence-corrected chi connectivity index (χ3v) is 3.93. The summed E-state index contributed by atoms with van der Waals surface area (Å²) in [5, 5.41) is 13.6. The second-order valence-electron chi connectivity index (χ2n) is 3.77. The molecule has 0 aromatic carbocycles. The summed E-state index contributed by atoms with van der Waals surface area (Å²) < 4.78 is 0. The smallest absolute Gasteiger partial charge is 0.326 e. The lowest BCUT2D eigenvalue weighted by Gasteiger charge is -2.19. The van der Waals surface area contributed by atoms with Crippen molar-refractivity contribution in [2.24, 2.45) is 5.92 Å². The molecule has 2 atom stereocenters. The van der Waals surface area contributed by atoms with Crippen LogP contribution in [0.5, 0.6) is 0 Å². The molecular weight excluding hydrogens is 262 g/mol. The SMILES string of the molecule is CCC(C)[C@H](NC(=O)c1sccc1Cl)C(=O)O. The van der Waals surface area contributed by atoms with Crippen LogP contribution in [0.3, 0.4) is 0 Å². The molecule has 0 bridgehead atoms. The Morgan fingerprint density at radius 3 is 2.65 bits per heavy atom. The van der Waals surface area contributed by atoms with E-state index in [0.717, 1.165) is 0 Å². The van der Waals surface area contributed by atoms with E-state index in [1.54, 1.807) is 18.4 Å². The standard InChI is InChI=1S/C11H14ClNO3S/c1-3-6(2)8(11(15)16)13-10(14)9-7(12)4-5-17-9/h4-6,8H,3H2,1-2H3,(H,13,14)(H,15,16)/t6?,8-/m0/s1. The highest BCUT2D eigenvalue weighted by atomic mass is 35.5. The molecule has 0 saturated carbocycles. The maximum absolute atomic E-state index is 11.8. The van der Waals surface area contributed by atoms with Crippen LogP contribution >= 0.6 is 22.9 Å². The first kappa shape index (κ1) is 14.0. The number of aliphatic carboxylic acids is 1. The predicted molar refractivity (Wildman–Crippen MR) is 67.7 cm³/mol. The lowest BCUT2D eigenvalue weighted by Crippen LogP contribution is -2.44. The van der Waals surface area contributed by atoms with Gasteiger partial charge in [0.2, 0.25) is 0 Å². The maximum Gasteiger partial charge on any atom is 0.326 e. The van der Waals surface area contributed by atoms with E-state index in [0.29, 0.717) is 16.3 Å². The minimum atomic E-state index is -1.03. The average Bonchev–Trinajstić information content (AvgIpc) is 2.70. The quantitative estimate of drug-likeness (QED) is 0.868. The fraction of sp³-hybridized carbons (Fsp3) is 0.455. The van der Waals surface area contributed by atoms with Gasteiger partial charge in [-0.25, -0.2) is 4.79 Å². The van der Waals surface area contributed by atoms with Crippen LogP contribution in [0.2, 0.25) is 5.02 Å². The van der Waals surface area contributed by atoms with Crippen LogP contribution in [0, 0.1) is 5.92 Å². The van der Waals surface area contributed by atoms with Crippen LogP contribution in [0.15, 0.2) is 11.4 Å². The van der Waals surface area contributed by atoms with Crippen molar-refractivity contribution in [2.75, 3.05) is 0 Å². The van der Waals surface area contributed by atoms with Crippen molar-refractivity contribution in [3.05, 3.63) is 21.3 Å². The van der Waals surface area contributed by atoms with Crippen molar-refractivity contribution >= 4 is 34.8 Å². The highest BCUT2D eigenvalue weighted by Gasteiger charge is 2.26. The minimum Gasteiger partial charge on any atom is -0.480 e. The molecule has 0 fully saturated rings. The van der Waals surface area contributed by atoms with Gasteiger partial charge in [0, 0.05) is 0 Å². The van der Waals surface area contributed by atoms with Crippen LogP contribution in [0.25, 0.3) is 0 Å². The van der Waals surface area contributed by atoms with E-state index < -0.39 is 17.9 Å². The molecule has 6 heteroatoms. The number of hydrogen-bond donors (Lipinski definition) is 2. The van der Waals surface area contributed by atoms with Gasteiger partial charge in [0.25, 0.3) is 5.91 Å². The van der Waals surface area contributed by atoms with Gasteiger partial charge in [0.1, 0.15) is 10.9 Å². The highest BCUT2D eigenvalue weighted by molar-refractivity contribution is 7.12. The molecule has 1 amide bonds. The number of amides is 1. The molecule has 1 unspecified atom stereocenters. The highest BCUT2D eigenvalue weighted by Crippen LogP contribution is 2.22. The summed E-state index contributed by atoms with van der Waals surface area (Å²) >= 11 is 7.01. The van der Waals surface area contributed by atoms with Gasteiger partial charge in [-0.1, -0.05) is 31.9 Å². The molecule has 0 spiro atoms. The molecule has 1 aromatic rings. The summed E-state index contributed by atoms with van der Waals surface area (Å²) in [6, 6.07) is 0.728. The molecule has 0 aliphatic heterocycles. The molecule has 0 aliphatic rings. The molecule has 1 aromatic heterocycles. The summed E-state index contributed by atoms with van der Waals surface area (Å²) in [6.07, 6.45) is 0.676. The van der Waals surface area contributed by atoms with Crippen LogP contribution in [0.4, 0.5) is 0 Å². The number of carboxylic acids is 1. The summed E-state index contributed by atoms with van der Waals surface area (Å²) in [4.78, 5) is 23.2. The number of thiophene rings is 1. The summed E-state index contributed by atoms with van der Waals surface area (Å²) in [7, 11) is 0. The molecule has 0 saturated heterocycles. The second kappa shape index (κ2) is 6.02. The van der Waals surface area contributed by atoms with Gasteiger partial charge in [-0.2, -0.15) is 0 Å². The fourth-order valence-electron chi connectivity index (χ4n) is 1.35. The molecular formula is C11H14ClNO3S. The zero-order chi connectivity index (χ0) is 13.0. The largest absolute Gasteiger partial charge is 0.480 e. The van der Waals surface area contributed by atoms with Crippen LogP contribution in [-0.2, 0) is 4.79 Å². The maximum atomic E-state index is 11.8. The van der Waals surface area contributed by atoms with Crippen molar-refractivity contribution in [1.82, 2.24) is 5.32 Å². The normalized spacial score (nSPS) is 14.1. The number of carbonyl (C=O) groups is 2. The van der Waals surface area contributed by atoms with Gasteiger partial charge in [0.05, 0.1) is 5.02 Å². The Balaban J connectivity index is 2.78. The molecule has 94 valence electrons. The summed E-state index contributed by atoms with van der Waals surface area (Å²) in [5.74, 6) is -1.59. The molecule has 1 rings (SSSR count). The molecule has 17 heavy (non-hydrogen) atoms. The first-order valence-corrected chi connectivity index (χ1v) is 6.49. The van der Waals surface area contributed by atoms with Crippen LogP contribution in [0.1, 0.15) is 29.9 Å². The van der Waals surface area contributed by atoms with Crippen LogP contribution < -0.4 is 5.32 Å². The minimum absolute atomic E-state index is 0.129. The van der Waals surface area contributed by atoms with Crippen LogP contribution in [-0.4, -0.2) is 23.0 Å². The number of hydrogen-bond acceptors (Lipinski definition) is 3. The Morgan fingerprint density at radius 2 is 2.24 bits per heavy atom. The van der Waals surface area contributed by atoms with E-state index in [1.165, 1.54) is 11.3 Å². The fourth-order valence-corrected chi connectivity index (χ4v) is 2.39. The monoisotopic (exact) mass is 275 g/mol. The number of halogens is 1. The zero-order valence-corrected chi connectivity index (χ0v) is 11.1. The molecule has 2 N–H and O–H groups in total. The average molecular weight is 276 g/mol. The van der Waals surface area contributed by atoms with Crippen molar-refractivity contribution in [3.63, 3.8) is 0 Å². The number of carbonyl (C=O) groups excluding carboxylic acids is 1. The first-order valence-electron chi connectivity index (χ1n) is 5.24. The Labute approximate surface area is 109 Å². The van der Waals surface area contributed by atoms with Gasteiger partial charge in [0.15, 0.2) is 0 Å². The van der Waals surface area contributed by atoms with Gasteiger partial charge in [-0.15, -0.1) is 11.3 Å². The molecule has 4 nitrogen and oxygen atoms in total. The molecule has 0 aliphatic carbocycles. The van der Waals surface area contributed by atoms with Crippen molar-refractivity contribution < 1.29 is 14.7 Å². The predicted octanol–water partition coefficient (Wildman–Crippen LogP) is 2.63. The lowest BCUT2D eigenvalue weighted by atomic mass is 9.99. The number of nitrogens with one attached hydrogen (secondary N) is 1. The van der Waals surface area contributed by atoms with Gasteiger partial charge >= 0.3 is 5.97 Å². The van der Waals surface area contributed by atoms with E-state index >= 15 is 0 Å². The Kier molecular flexibility index (Phi) is 4.96. The van der Waals surface area contributed by atoms with E-state index in [2.05, 4.69) is 5.32 Å². The first-order chi connectivity index (χ1) is 7.97. The Hall–Kier alpha value is -1.07. The molecule has 0 radical (unpaired) electrons. The summed E-state index contributed by atoms with van der Waals surface area (Å²) in [6.45, 7) is 3.67. The van der Waals surface area contributed by atoms with Crippen molar-refractivity contribution in [3.8, 4) is 0 Å². The molecule has 1 heterocycles. The third-order valence-electron chi connectivity index (χ3n) is 2.59. The van der Waals surface area contributed by atoms with E-state index in [1.807, 2.05) is 6.92 Å². The third kappa shape index (κ3) is 3.44. The second-order valence-corrected chi connectivity index (χ2v) is 5.10. The topological polar surface area (TPSA) is 66.4 Å². The number of carboxylic acid groups (broad SMARTS) is 1.